The zero-order valence-corrected chi connectivity index (χ0v) is 11.5. The van der Waals surface area contributed by atoms with Gasteiger partial charge in [-0.05, 0) is 32.4 Å². The van der Waals surface area contributed by atoms with Crippen LogP contribution in [-0.4, -0.2) is 22.3 Å². The fourth-order valence-corrected chi connectivity index (χ4v) is 2.15. The fourth-order valence-electron chi connectivity index (χ4n) is 1.24. The van der Waals surface area contributed by atoms with Gasteiger partial charge in [0.05, 0.1) is 0 Å². The predicted molar refractivity (Wildman–Crippen MR) is 71.9 cm³/mol. The van der Waals surface area contributed by atoms with E-state index in [1.165, 1.54) is 4.90 Å². The Balaban J connectivity index is 2.34. The summed E-state index contributed by atoms with van der Waals surface area (Å²) in [4.78, 5) is 5.31. The zero-order chi connectivity index (χ0) is 12.0. The number of aromatic nitrogens is 1. The highest BCUT2D eigenvalue weighted by atomic mass is 32.2. The second-order valence-corrected chi connectivity index (χ2v) is 6.24. The average molecular weight is 238 g/mol. The summed E-state index contributed by atoms with van der Waals surface area (Å²) in [7, 11) is 0. The lowest BCUT2D eigenvalue weighted by molar-refractivity contribution is 0.379. The van der Waals surface area contributed by atoms with Crippen molar-refractivity contribution in [1.29, 1.82) is 0 Å². The van der Waals surface area contributed by atoms with E-state index >= 15 is 0 Å². The Bertz CT molecular complexity index is 298. The number of pyridine rings is 1. The molecular weight excluding hydrogens is 216 g/mol. The first-order valence-electron chi connectivity index (χ1n) is 5.85. The van der Waals surface area contributed by atoms with Gasteiger partial charge in [-0.3, -0.25) is 4.98 Å². The van der Waals surface area contributed by atoms with E-state index in [1.807, 2.05) is 24.2 Å². The van der Waals surface area contributed by atoms with E-state index < -0.39 is 0 Å². The van der Waals surface area contributed by atoms with Crippen LogP contribution in [0.25, 0.3) is 0 Å². The third-order valence-electron chi connectivity index (χ3n) is 2.74. The summed E-state index contributed by atoms with van der Waals surface area (Å²) in [5.74, 6) is 0. The standard InChI is InChI=1S/C13H22N2S/c1-5-13(3,4)15-10-11(2)16-12-6-8-14-9-7-12/h6-9,11,15H,5,10H2,1-4H3. The highest BCUT2D eigenvalue weighted by Crippen LogP contribution is 2.22. The lowest BCUT2D eigenvalue weighted by atomic mass is 10.0. The second kappa shape index (κ2) is 6.26. The molecule has 1 aromatic heterocycles. The number of hydrogen-bond donors (Lipinski definition) is 1. The van der Waals surface area contributed by atoms with Crippen LogP contribution in [0.15, 0.2) is 29.4 Å². The number of thioether (sulfide) groups is 1. The number of nitrogens with one attached hydrogen (secondary N) is 1. The van der Waals surface area contributed by atoms with Gasteiger partial charge in [-0.15, -0.1) is 11.8 Å². The Kier molecular flexibility index (Phi) is 5.29. The van der Waals surface area contributed by atoms with Crippen LogP contribution in [-0.2, 0) is 0 Å². The number of nitrogens with zero attached hydrogens (tertiary/aromatic N) is 1. The summed E-state index contributed by atoms with van der Waals surface area (Å²) in [6.45, 7) is 10.00. The largest absolute Gasteiger partial charge is 0.311 e. The van der Waals surface area contributed by atoms with Gasteiger partial charge in [0.2, 0.25) is 0 Å². The average Bonchev–Trinajstić information content (AvgIpc) is 2.28. The van der Waals surface area contributed by atoms with Crippen LogP contribution in [0.1, 0.15) is 34.1 Å². The summed E-state index contributed by atoms with van der Waals surface area (Å²) in [6.07, 6.45) is 4.84. The maximum atomic E-state index is 4.02. The summed E-state index contributed by atoms with van der Waals surface area (Å²) >= 11 is 1.89. The molecule has 0 saturated heterocycles. The maximum absolute atomic E-state index is 4.02. The normalized spacial score (nSPS) is 13.8. The van der Waals surface area contributed by atoms with Crippen LogP contribution >= 0.6 is 11.8 Å². The molecule has 0 spiro atoms. The zero-order valence-electron chi connectivity index (χ0n) is 10.7. The van der Waals surface area contributed by atoms with Crippen LogP contribution < -0.4 is 5.32 Å². The van der Waals surface area contributed by atoms with Crippen molar-refractivity contribution in [2.75, 3.05) is 6.54 Å². The Morgan fingerprint density at radius 2 is 2.00 bits per heavy atom. The summed E-state index contributed by atoms with van der Waals surface area (Å²) in [5, 5.41) is 4.17. The minimum Gasteiger partial charge on any atom is -0.311 e. The van der Waals surface area contributed by atoms with Gasteiger partial charge in [0.1, 0.15) is 0 Å². The molecule has 0 radical (unpaired) electrons. The van der Waals surface area contributed by atoms with Crippen molar-refractivity contribution in [2.45, 2.75) is 49.8 Å². The number of rotatable bonds is 6. The second-order valence-electron chi connectivity index (χ2n) is 4.73. The van der Waals surface area contributed by atoms with Gasteiger partial charge in [-0.25, -0.2) is 0 Å². The minimum absolute atomic E-state index is 0.243. The molecule has 1 N–H and O–H groups in total. The predicted octanol–water partition coefficient (Wildman–Crippen LogP) is 3.34. The van der Waals surface area contributed by atoms with Gasteiger partial charge < -0.3 is 5.32 Å². The fraction of sp³-hybridized carbons (Fsp3) is 0.615. The third kappa shape index (κ3) is 4.99. The molecule has 2 nitrogen and oxygen atoms in total. The Hall–Kier alpha value is -0.540. The van der Waals surface area contributed by atoms with Crippen molar-refractivity contribution in [3.8, 4) is 0 Å². The van der Waals surface area contributed by atoms with Crippen molar-refractivity contribution in [3.05, 3.63) is 24.5 Å². The Labute approximate surface area is 103 Å². The van der Waals surface area contributed by atoms with Crippen molar-refractivity contribution in [1.82, 2.24) is 10.3 Å². The molecule has 0 amide bonds. The van der Waals surface area contributed by atoms with Gasteiger partial charge in [-0.1, -0.05) is 13.8 Å². The monoisotopic (exact) mass is 238 g/mol. The van der Waals surface area contributed by atoms with Crippen LogP contribution in [0.4, 0.5) is 0 Å². The van der Waals surface area contributed by atoms with Crippen molar-refractivity contribution in [3.63, 3.8) is 0 Å². The Morgan fingerprint density at radius 3 is 2.56 bits per heavy atom. The van der Waals surface area contributed by atoms with Gasteiger partial charge in [0, 0.05) is 34.6 Å². The highest BCUT2D eigenvalue weighted by Gasteiger charge is 2.15. The van der Waals surface area contributed by atoms with E-state index in [2.05, 4.69) is 50.1 Å². The lowest BCUT2D eigenvalue weighted by Crippen LogP contribution is -2.41. The molecule has 1 heterocycles. The van der Waals surface area contributed by atoms with E-state index in [0.717, 1.165) is 13.0 Å². The Morgan fingerprint density at radius 1 is 1.38 bits per heavy atom. The summed E-state index contributed by atoms with van der Waals surface area (Å²) in [6, 6.07) is 4.12. The first-order valence-corrected chi connectivity index (χ1v) is 6.73. The van der Waals surface area contributed by atoms with Crippen LogP contribution in [0.3, 0.4) is 0 Å². The van der Waals surface area contributed by atoms with E-state index in [9.17, 15) is 0 Å². The van der Waals surface area contributed by atoms with Crippen LogP contribution in [0.5, 0.6) is 0 Å². The molecule has 0 saturated carbocycles. The molecule has 3 heteroatoms. The van der Waals surface area contributed by atoms with E-state index in [4.69, 9.17) is 0 Å². The summed E-state index contributed by atoms with van der Waals surface area (Å²) in [5.41, 5.74) is 0.243. The third-order valence-corrected chi connectivity index (χ3v) is 3.85. The van der Waals surface area contributed by atoms with E-state index in [0.29, 0.717) is 5.25 Å². The molecule has 1 aromatic rings. The van der Waals surface area contributed by atoms with Crippen LogP contribution in [0, 0.1) is 0 Å². The SMILES string of the molecule is CCC(C)(C)NCC(C)Sc1ccncc1. The lowest BCUT2D eigenvalue weighted by Gasteiger charge is -2.26. The van der Waals surface area contributed by atoms with Gasteiger partial charge in [0.25, 0.3) is 0 Å². The first-order chi connectivity index (χ1) is 7.53. The molecule has 0 aliphatic carbocycles. The molecule has 0 aliphatic rings. The van der Waals surface area contributed by atoms with Crippen molar-refractivity contribution >= 4 is 11.8 Å². The van der Waals surface area contributed by atoms with E-state index in [1.54, 1.807) is 0 Å². The molecule has 1 atom stereocenters. The smallest absolute Gasteiger partial charge is 0.0278 e. The summed E-state index contributed by atoms with van der Waals surface area (Å²) < 4.78 is 0. The molecular formula is C13H22N2S. The number of hydrogen-bond acceptors (Lipinski definition) is 3. The molecule has 0 bridgehead atoms. The van der Waals surface area contributed by atoms with Crippen LogP contribution in [0.2, 0.25) is 0 Å². The maximum Gasteiger partial charge on any atom is 0.0278 e. The molecule has 16 heavy (non-hydrogen) atoms. The van der Waals surface area contributed by atoms with E-state index in [-0.39, 0.29) is 5.54 Å². The van der Waals surface area contributed by atoms with Crippen molar-refractivity contribution in [2.24, 2.45) is 0 Å². The van der Waals surface area contributed by atoms with Gasteiger partial charge >= 0.3 is 0 Å². The molecule has 90 valence electrons. The molecule has 0 aromatic carbocycles. The molecule has 1 rings (SSSR count). The molecule has 0 fully saturated rings. The minimum atomic E-state index is 0.243. The van der Waals surface area contributed by atoms with Gasteiger partial charge in [0.15, 0.2) is 0 Å². The quantitative estimate of drug-likeness (QED) is 0.769. The topological polar surface area (TPSA) is 24.9 Å². The molecule has 0 aliphatic heterocycles. The highest BCUT2D eigenvalue weighted by molar-refractivity contribution is 8.00. The molecule has 1 unspecified atom stereocenters. The van der Waals surface area contributed by atoms with Gasteiger partial charge in [-0.2, -0.15) is 0 Å². The van der Waals surface area contributed by atoms with Crippen molar-refractivity contribution < 1.29 is 0 Å². The first kappa shape index (κ1) is 13.5.